The van der Waals surface area contributed by atoms with Gasteiger partial charge in [-0.15, -0.1) is 0 Å². The second-order valence-corrected chi connectivity index (χ2v) is 10.6. The molecule has 2 fully saturated rings. The van der Waals surface area contributed by atoms with Crippen molar-refractivity contribution in [1.82, 2.24) is 4.90 Å². The second kappa shape index (κ2) is 10.8. The molecule has 1 heterocycles. The average molecular weight is 465 g/mol. The molecule has 1 saturated carbocycles. The molecule has 0 radical (unpaired) electrons. The van der Waals surface area contributed by atoms with Gasteiger partial charge in [-0.2, -0.15) is 0 Å². The molecule has 34 heavy (non-hydrogen) atoms. The zero-order valence-corrected chi connectivity index (χ0v) is 21.3. The summed E-state index contributed by atoms with van der Waals surface area (Å²) in [6, 6.07) is 17.4. The molecule has 0 bridgehead atoms. The van der Waals surface area contributed by atoms with E-state index in [1.54, 1.807) is 14.0 Å². The van der Waals surface area contributed by atoms with Gasteiger partial charge in [0.15, 0.2) is 11.5 Å². The fourth-order valence-electron chi connectivity index (χ4n) is 5.17. The molecule has 1 atom stereocenters. The first-order valence-corrected chi connectivity index (χ1v) is 12.7. The van der Waals surface area contributed by atoms with Crippen LogP contribution in [-0.4, -0.2) is 56.1 Å². The lowest BCUT2D eigenvalue weighted by Crippen LogP contribution is -2.56. The van der Waals surface area contributed by atoms with E-state index in [0.717, 1.165) is 56.9 Å². The van der Waals surface area contributed by atoms with Gasteiger partial charge in [-0.05, 0) is 56.7 Å². The maximum absolute atomic E-state index is 12.3. The van der Waals surface area contributed by atoms with Crippen LogP contribution in [0.15, 0.2) is 48.5 Å². The maximum Gasteiger partial charge on any atom is 0.163 e. The zero-order chi connectivity index (χ0) is 24.1. The van der Waals surface area contributed by atoms with Gasteiger partial charge in [-0.25, -0.2) is 0 Å². The molecule has 0 spiro atoms. The van der Waals surface area contributed by atoms with Gasteiger partial charge < -0.3 is 14.4 Å². The molecule has 184 valence electrons. The predicted molar refractivity (Wildman–Crippen MR) is 138 cm³/mol. The number of hydrogen-bond donors (Lipinski definition) is 0. The van der Waals surface area contributed by atoms with Crippen LogP contribution in [0.2, 0.25) is 0 Å². The molecule has 1 aliphatic carbocycles. The maximum atomic E-state index is 12.3. The number of rotatable bonds is 9. The Labute approximate surface area is 205 Å². The first-order valence-electron chi connectivity index (χ1n) is 12.7. The van der Waals surface area contributed by atoms with Crippen LogP contribution < -0.4 is 14.4 Å². The van der Waals surface area contributed by atoms with Crippen molar-refractivity contribution < 1.29 is 14.3 Å². The van der Waals surface area contributed by atoms with Gasteiger partial charge in [0.05, 0.1) is 13.2 Å². The summed E-state index contributed by atoms with van der Waals surface area (Å²) >= 11 is 0. The van der Waals surface area contributed by atoms with E-state index in [9.17, 15) is 4.79 Å². The quantitative estimate of drug-likeness (QED) is 0.499. The molecular weight excluding hydrogens is 424 g/mol. The summed E-state index contributed by atoms with van der Waals surface area (Å²) < 4.78 is 12.0. The number of methoxy groups -OCH3 is 1. The van der Waals surface area contributed by atoms with Gasteiger partial charge >= 0.3 is 0 Å². The highest BCUT2D eigenvalue weighted by Crippen LogP contribution is 2.36. The van der Waals surface area contributed by atoms with Crippen molar-refractivity contribution in [2.24, 2.45) is 5.41 Å². The van der Waals surface area contributed by atoms with Crippen LogP contribution in [0, 0.1) is 5.41 Å². The monoisotopic (exact) mass is 464 g/mol. The number of ether oxygens (including phenoxy) is 2. The molecule has 0 aromatic heterocycles. The van der Waals surface area contributed by atoms with Crippen molar-refractivity contribution >= 4 is 11.5 Å². The fraction of sp³-hybridized carbons (Fsp3) is 0.552. The highest BCUT2D eigenvalue weighted by atomic mass is 16.5. The fourth-order valence-corrected chi connectivity index (χ4v) is 5.17. The summed E-state index contributed by atoms with van der Waals surface area (Å²) in [6.45, 7) is 9.40. The molecule has 0 N–H and O–H groups in total. The molecule has 2 aromatic carbocycles. The van der Waals surface area contributed by atoms with E-state index in [1.165, 1.54) is 24.1 Å². The third-order valence-electron chi connectivity index (χ3n) is 7.58. The SMILES string of the molecule is COc1ccc(N2CCN(CC(C)(C)C(C)=O)C(Cc3ccccc3)C2)cc1OC1CCCC1. The molecular formula is C29H40N2O3. The Morgan fingerprint density at radius 3 is 2.44 bits per heavy atom. The highest BCUT2D eigenvalue weighted by Gasteiger charge is 2.34. The van der Waals surface area contributed by atoms with Gasteiger partial charge in [0.25, 0.3) is 0 Å². The van der Waals surface area contributed by atoms with Crippen molar-refractivity contribution in [2.75, 3.05) is 38.2 Å². The van der Waals surface area contributed by atoms with Crippen LogP contribution in [0.4, 0.5) is 5.69 Å². The van der Waals surface area contributed by atoms with Crippen LogP contribution in [0.5, 0.6) is 11.5 Å². The van der Waals surface area contributed by atoms with Crippen LogP contribution in [0.25, 0.3) is 0 Å². The first-order chi connectivity index (χ1) is 16.4. The highest BCUT2D eigenvalue weighted by molar-refractivity contribution is 5.81. The summed E-state index contributed by atoms with van der Waals surface area (Å²) in [5.41, 5.74) is 2.16. The minimum absolute atomic E-state index is 0.247. The Balaban J connectivity index is 1.54. The van der Waals surface area contributed by atoms with Crippen LogP contribution in [0.1, 0.15) is 52.0 Å². The lowest BCUT2D eigenvalue weighted by Gasteiger charge is -2.45. The topological polar surface area (TPSA) is 42.0 Å². The van der Waals surface area contributed by atoms with E-state index in [0.29, 0.717) is 12.1 Å². The van der Waals surface area contributed by atoms with Crippen LogP contribution in [-0.2, 0) is 11.2 Å². The van der Waals surface area contributed by atoms with Gasteiger partial charge in [0.2, 0.25) is 0 Å². The van der Waals surface area contributed by atoms with Crippen LogP contribution >= 0.6 is 0 Å². The third-order valence-corrected chi connectivity index (χ3v) is 7.58. The molecule has 1 unspecified atom stereocenters. The second-order valence-electron chi connectivity index (χ2n) is 10.6. The Bertz CT molecular complexity index is 953. The van der Waals surface area contributed by atoms with Crippen molar-refractivity contribution in [1.29, 1.82) is 0 Å². The van der Waals surface area contributed by atoms with Crippen molar-refractivity contribution in [3.8, 4) is 11.5 Å². The number of carbonyl (C=O) groups is 1. The first kappa shape index (κ1) is 24.6. The lowest BCUT2D eigenvalue weighted by molar-refractivity contribution is -0.126. The largest absolute Gasteiger partial charge is 0.493 e. The number of piperazine rings is 1. The van der Waals surface area contributed by atoms with Crippen molar-refractivity contribution in [2.45, 2.75) is 65.0 Å². The van der Waals surface area contributed by atoms with Gasteiger partial charge in [0, 0.05) is 49.4 Å². The van der Waals surface area contributed by atoms with Crippen molar-refractivity contribution in [3.05, 3.63) is 54.1 Å². The molecule has 2 aromatic rings. The molecule has 0 amide bonds. The Hall–Kier alpha value is -2.53. The zero-order valence-electron chi connectivity index (χ0n) is 21.3. The normalized spacial score (nSPS) is 19.9. The minimum Gasteiger partial charge on any atom is -0.493 e. The average Bonchev–Trinajstić information content (AvgIpc) is 3.34. The van der Waals surface area contributed by atoms with Gasteiger partial charge in [0.1, 0.15) is 5.78 Å². The summed E-state index contributed by atoms with van der Waals surface area (Å²) in [7, 11) is 1.71. The Morgan fingerprint density at radius 2 is 1.76 bits per heavy atom. The summed E-state index contributed by atoms with van der Waals surface area (Å²) in [6.07, 6.45) is 5.99. The number of Topliss-reactive ketones (excluding diaryl/α,β-unsaturated/α-hetero) is 1. The summed E-state index contributed by atoms with van der Waals surface area (Å²) in [4.78, 5) is 17.2. The number of carbonyl (C=O) groups excluding carboxylic acids is 1. The standard InChI is InChI=1S/C29H40N2O3/c1-22(32)29(2,3)21-31-17-16-30(20-25(31)18-23-10-6-5-7-11-23)24-14-15-27(33-4)28(19-24)34-26-12-8-9-13-26/h5-7,10-11,14-15,19,25-26H,8-9,12-13,16-18,20-21H2,1-4H3. The van der Waals surface area contributed by atoms with Gasteiger partial charge in [-0.3, -0.25) is 9.69 Å². The van der Waals surface area contributed by atoms with E-state index in [1.807, 2.05) is 6.07 Å². The predicted octanol–water partition coefficient (Wildman–Crippen LogP) is 5.37. The van der Waals surface area contributed by atoms with E-state index < -0.39 is 0 Å². The molecule has 1 aliphatic heterocycles. The number of benzene rings is 2. The number of anilines is 1. The Kier molecular flexibility index (Phi) is 7.82. The van der Waals surface area contributed by atoms with E-state index in [-0.39, 0.29) is 11.2 Å². The third kappa shape index (κ3) is 5.93. The smallest absolute Gasteiger partial charge is 0.163 e. The Morgan fingerprint density at radius 1 is 1.03 bits per heavy atom. The lowest BCUT2D eigenvalue weighted by atomic mass is 9.87. The van der Waals surface area contributed by atoms with E-state index in [2.05, 4.69) is 66.1 Å². The number of hydrogen-bond acceptors (Lipinski definition) is 5. The number of ketones is 1. The van der Waals surface area contributed by atoms with Gasteiger partial charge in [-0.1, -0.05) is 44.2 Å². The van der Waals surface area contributed by atoms with E-state index >= 15 is 0 Å². The van der Waals surface area contributed by atoms with Crippen molar-refractivity contribution in [3.63, 3.8) is 0 Å². The summed E-state index contributed by atoms with van der Waals surface area (Å²) in [5, 5.41) is 0. The molecule has 5 heteroatoms. The van der Waals surface area contributed by atoms with Crippen LogP contribution in [0.3, 0.4) is 0 Å². The molecule has 2 aliphatic rings. The number of nitrogens with zero attached hydrogens (tertiary/aromatic N) is 2. The molecule has 5 nitrogen and oxygen atoms in total. The van der Waals surface area contributed by atoms with E-state index in [4.69, 9.17) is 9.47 Å². The summed E-state index contributed by atoms with van der Waals surface area (Å²) in [5.74, 6) is 1.90. The molecule has 1 saturated heterocycles. The molecule has 4 rings (SSSR count). The minimum atomic E-state index is -0.348.